The van der Waals surface area contributed by atoms with Gasteiger partial charge in [0.05, 0.1) is 16.8 Å². The van der Waals surface area contributed by atoms with Crippen molar-refractivity contribution >= 4 is 35.0 Å². The molecule has 3 rings (SSSR count). The summed E-state index contributed by atoms with van der Waals surface area (Å²) in [6.07, 6.45) is 1.44. The summed E-state index contributed by atoms with van der Waals surface area (Å²) in [5.74, 6) is -2.21. The second kappa shape index (κ2) is 6.49. The Hall–Kier alpha value is -2.99. The van der Waals surface area contributed by atoms with E-state index in [1.165, 1.54) is 36.4 Å². The second-order valence-corrected chi connectivity index (χ2v) is 5.78. The molecular weight excluding hydrogens is 347 g/mol. The minimum absolute atomic E-state index is 0.0365. The Morgan fingerprint density at radius 2 is 1.88 bits per heavy atom. The number of imide groups is 1. The number of carbonyl (C=O) groups is 3. The lowest BCUT2D eigenvalue weighted by atomic mass is 10.1. The van der Waals surface area contributed by atoms with Gasteiger partial charge in [-0.25, -0.2) is 4.39 Å². The molecule has 0 atom stereocenters. The van der Waals surface area contributed by atoms with Crippen molar-refractivity contribution in [2.75, 3.05) is 11.9 Å². The summed E-state index contributed by atoms with van der Waals surface area (Å²) in [5.41, 5.74) is 0.456. The monoisotopic (exact) mass is 358 g/mol. The Bertz CT molecular complexity index is 927. The highest BCUT2D eigenvalue weighted by atomic mass is 35.5. The Labute approximate surface area is 147 Å². The standard InChI is InChI=1S/C18H12ClFN2O3/c1-2-7-22-17(24)12-5-3-10(8-13(12)18(22)25)16(23)21-15-6-4-11(19)9-14(15)20/h2-6,8-9H,1,7H2,(H,21,23). The van der Waals surface area contributed by atoms with Gasteiger partial charge in [0.15, 0.2) is 0 Å². The molecule has 0 radical (unpaired) electrons. The first-order valence-corrected chi connectivity index (χ1v) is 7.67. The highest BCUT2D eigenvalue weighted by Crippen LogP contribution is 2.25. The lowest BCUT2D eigenvalue weighted by molar-refractivity contribution is 0.0672. The molecule has 1 N–H and O–H groups in total. The van der Waals surface area contributed by atoms with Gasteiger partial charge in [-0.3, -0.25) is 19.3 Å². The molecule has 0 bridgehead atoms. The fourth-order valence-electron chi connectivity index (χ4n) is 2.51. The topological polar surface area (TPSA) is 66.5 Å². The van der Waals surface area contributed by atoms with E-state index in [1.54, 1.807) is 0 Å². The number of amides is 3. The summed E-state index contributed by atoms with van der Waals surface area (Å²) in [6, 6.07) is 8.00. The van der Waals surface area contributed by atoms with E-state index >= 15 is 0 Å². The second-order valence-electron chi connectivity index (χ2n) is 5.35. The molecule has 7 heteroatoms. The van der Waals surface area contributed by atoms with Crippen LogP contribution in [0.1, 0.15) is 31.1 Å². The maximum absolute atomic E-state index is 13.8. The van der Waals surface area contributed by atoms with Crippen LogP contribution in [-0.2, 0) is 0 Å². The summed E-state index contributed by atoms with van der Waals surface area (Å²) < 4.78 is 13.8. The molecule has 1 aliphatic rings. The first-order chi connectivity index (χ1) is 11.9. The van der Waals surface area contributed by atoms with E-state index in [1.807, 2.05) is 0 Å². The molecular formula is C18H12ClFN2O3. The van der Waals surface area contributed by atoms with Gasteiger partial charge in [-0.2, -0.15) is 0 Å². The molecule has 1 aliphatic heterocycles. The number of anilines is 1. The molecule has 0 fully saturated rings. The number of rotatable bonds is 4. The van der Waals surface area contributed by atoms with Crippen molar-refractivity contribution in [2.24, 2.45) is 0 Å². The highest BCUT2D eigenvalue weighted by Gasteiger charge is 2.35. The summed E-state index contributed by atoms with van der Waals surface area (Å²) in [4.78, 5) is 37.8. The predicted molar refractivity (Wildman–Crippen MR) is 91.4 cm³/mol. The smallest absolute Gasteiger partial charge is 0.261 e. The van der Waals surface area contributed by atoms with Crippen molar-refractivity contribution in [3.05, 3.63) is 76.6 Å². The summed E-state index contributed by atoms with van der Waals surface area (Å²) in [6.45, 7) is 3.59. The Balaban J connectivity index is 1.88. The van der Waals surface area contributed by atoms with Gasteiger partial charge < -0.3 is 5.32 Å². The van der Waals surface area contributed by atoms with E-state index in [2.05, 4.69) is 11.9 Å². The lowest BCUT2D eigenvalue weighted by Gasteiger charge is -2.09. The third kappa shape index (κ3) is 3.04. The molecule has 0 spiro atoms. The van der Waals surface area contributed by atoms with Crippen molar-refractivity contribution in [1.29, 1.82) is 0 Å². The van der Waals surface area contributed by atoms with Crippen LogP contribution in [0.4, 0.5) is 10.1 Å². The quantitative estimate of drug-likeness (QED) is 0.671. The molecule has 1 heterocycles. The van der Waals surface area contributed by atoms with Crippen molar-refractivity contribution < 1.29 is 18.8 Å². The fraction of sp³-hybridized carbons (Fsp3) is 0.0556. The van der Waals surface area contributed by atoms with E-state index in [-0.39, 0.29) is 33.9 Å². The zero-order valence-corrected chi connectivity index (χ0v) is 13.6. The fourth-order valence-corrected chi connectivity index (χ4v) is 2.67. The van der Waals surface area contributed by atoms with Gasteiger partial charge in [0, 0.05) is 17.1 Å². The maximum Gasteiger partial charge on any atom is 0.261 e. The molecule has 2 aromatic rings. The number of hydrogen-bond acceptors (Lipinski definition) is 3. The molecule has 5 nitrogen and oxygen atoms in total. The van der Waals surface area contributed by atoms with Crippen LogP contribution in [0, 0.1) is 5.82 Å². The SMILES string of the molecule is C=CCN1C(=O)c2ccc(C(=O)Nc3ccc(Cl)cc3F)cc2C1=O. The average Bonchev–Trinajstić information content (AvgIpc) is 2.82. The van der Waals surface area contributed by atoms with Crippen molar-refractivity contribution in [3.63, 3.8) is 0 Å². The number of halogens is 2. The van der Waals surface area contributed by atoms with Gasteiger partial charge in [0.25, 0.3) is 17.7 Å². The average molecular weight is 359 g/mol. The minimum Gasteiger partial charge on any atom is -0.319 e. The van der Waals surface area contributed by atoms with Gasteiger partial charge in [-0.1, -0.05) is 17.7 Å². The van der Waals surface area contributed by atoms with E-state index in [0.717, 1.165) is 11.0 Å². The number of fused-ring (bicyclic) bond motifs is 1. The van der Waals surface area contributed by atoms with Gasteiger partial charge in [-0.15, -0.1) is 6.58 Å². The van der Waals surface area contributed by atoms with E-state index in [4.69, 9.17) is 11.6 Å². The first kappa shape index (κ1) is 16.9. The van der Waals surface area contributed by atoms with Crippen LogP contribution in [0.5, 0.6) is 0 Å². The number of nitrogens with one attached hydrogen (secondary N) is 1. The van der Waals surface area contributed by atoms with Gasteiger partial charge in [0.2, 0.25) is 0 Å². The minimum atomic E-state index is -0.676. The normalized spacial score (nSPS) is 13.0. The van der Waals surface area contributed by atoms with Gasteiger partial charge in [-0.05, 0) is 36.4 Å². The van der Waals surface area contributed by atoms with Crippen LogP contribution in [0.15, 0.2) is 49.1 Å². The van der Waals surface area contributed by atoms with Crippen LogP contribution in [-0.4, -0.2) is 29.2 Å². The van der Waals surface area contributed by atoms with Crippen LogP contribution < -0.4 is 5.32 Å². The first-order valence-electron chi connectivity index (χ1n) is 7.30. The molecule has 0 aliphatic carbocycles. The van der Waals surface area contributed by atoms with E-state index < -0.39 is 23.5 Å². The van der Waals surface area contributed by atoms with E-state index in [0.29, 0.717) is 0 Å². The molecule has 3 amide bonds. The molecule has 0 aromatic heterocycles. The van der Waals surface area contributed by atoms with Crippen LogP contribution in [0.3, 0.4) is 0 Å². The van der Waals surface area contributed by atoms with Crippen molar-refractivity contribution in [3.8, 4) is 0 Å². The third-order valence-electron chi connectivity index (χ3n) is 3.72. The van der Waals surface area contributed by atoms with Crippen molar-refractivity contribution in [2.45, 2.75) is 0 Å². The van der Waals surface area contributed by atoms with Gasteiger partial charge in [0.1, 0.15) is 5.82 Å². The number of benzene rings is 2. The van der Waals surface area contributed by atoms with Crippen molar-refractivity contribution in [1.82, 2.24) is 4.90 Å². The Kier molecular flexibility index (Phi) is 4.37. The van der Waals surface area contributed by atoms with Crippen LogP contribution in [0.2, 0.25) is 5.02 Å². The summed E-state index contributed by atoms with van der Waals surface area (Å²) >= 11 is 5.67. The number of hydrogen-bond donors (Lipinski definition) is 1. The Morgan fingerprint density at radius 3 is 2.56 bits per heavy atom. The summed E-state index contributed by atoms with van der Waals surface area (Å²) in [7, 11) is 0. The summed E-state index contributed by atoms with van der Waals surface area (Å²) in [5, 5.41) is 2.62. The van der Waals surface area contributed by atoms with Crippen LogP contribution >= 0.6 is 11.6 Å². The molecule has 0 saturated carbocycles. The molecule has 0 unspecified atom stereocenters. The van der Waals surface area contributed by atoms with Crippen LogP contribution in [0.25, 0.3) is 0 Å². The van der Waals surface area contributed by atoms with E-state index in [9.17, 15) is 18.8 Å². The maximum atomic E-state index is 13.8. The number of nitrogens with zero attached hydrogens (tertiary/aromatic N) is 1. The number of carbonyl (C=O) groups excluding carboxylic acids is 3. The largest absolute Gasteiger partial charge is 0.319 e. The molecule has 2 aromatic carbocycles. The zero-order valence-electron chi connectivity index (χ0n) is 12.9. The third-order valence-corrected chi connectivity index (χ3v) is 3.96. The molecule has 0 saturated heterocycles. The highest BCUT2D eigenvalue weighted by molar-refractivity contribution is 6.30. The Morgan fingerprint density at radius 1 is 1.16 bits per heavy atom. The van der Waals surface area contributed by atoms with Gasteiger partial charge >= 0.3 is 0 Å². The zero-order chi connectivity index (χ0) is 18.1. The molecule has 25 heavy (non-hydrogen) atoms. The molecule has 126 valence electrons. The predicted octanol–water partition coefficient (Wildman–Crippen LogP) is 3.51. The lowest BCUT2D eigenvalue weighted by Crippen LogP contribution is -2.29.